The second-order valence-corrected chi connectivity index (χ2v) is 10.8. The fourth-order valence-corrected chi connectivity index (χ4v) is 5.13. The molecule has 2 aromatic carbocycles. The number of carbonyl (C=O) groups is 1. The minimum absolute atomic E-state index is 0.296. The highest BCUT2D eigenvalue weighted by Crippen LogP contribution is 2.38. The molecule has 0 atom stereocenters. The number of methoxy groups -OCH3 is 1. The van der Waals surface area contributed by atoms with Gasteiger partial charge in [-0.3, -0.25) is 0 Å². The second-order valence-electron chi connectivity index (χ2n) is 10.8. The first-order valence-corrected chi connectivity index (χ1v) is 13.0. The monoisotopic (exact) mass is 500 g/mol. The number of aromatic amines is 1. The molecule has 194 valence electrons. The number of amides is 1. The second kappa shape index (κ2) is 9.61. The van der Waals surface area contributed by atoms with Gasteiger partial charge in [0.2, 0.25) is 0 Å². The molecule has 0 spiro atoms. The predicted molar refractivity (Wildman–Crippen MR) is 146 cm³/mol. The van der Waals surface area contributed by atoms with Crippen LogP contribution in [0.15, 0.2) is 42.5 Å². The average Bonchev–Trinajstić information content (AvgIpc) is 3.42. The van der Waals surface area contributed by atoms with Gasteiger partial charge in [-0.05, 0) is 63.9 Å². The van der Waals surface area contributed by atoms with Crippen molar-refractivity contribution in [2.24, 2.45) is 0 Å². The summed E-state index contributed by atoms with van der Waals surface area (Å²) >= 11 is 0. The summed E-state index contributed by atoms with van der Waals surface area (Å²) in [5.41, 5.74) is 7.88. The lowest BCUT2D eigenvalue weighted by Gasteiger charge is -2.30. The van der Waals surface area contributed by atoms with Crippen LogP contribution in [0.1, 0.15) is 56.6 Å². The van der Waals surface area contributed by atoms with Crippen LogP contribution in [-0.4, -0.2) is 45.0 Å². The summed E-state index contributed by atoms with van der Waals surface area (Å²) in [6.45, 7) is 11.0. The highest BCUT2D eigenvalue weighted by atomic mass is 16.6. The number of H-pyrrole nitrogens is 1. The summed E-state index contributed by atoms with van der Waals surface area (Å²) in [5, 5.41) is 6.27. The minimum atomic E-state index is -0.547. The third-order valence-corrected chi connectivity index (χ3v) is 6.79. The number of nitrogens with one attached hydrogen (secondary N) is 1. The Hall–Kier alpha value is -3.74. The van der Waals surface area contributed by atoms with Crippen molar-refractivity contribution in [2.45, 2.75) is 66.0 Å². The summed E-state index contributed by atoms with van der Waals surface area (Å²) in [7, 11) is 1.69. The number of carbonyl (C=O) groups excluding carboxylic acids is 1. The molecule has 0 aliphatic carbocycles. The molecule has 1 aliphatic heterocycles. The SMILES string of the molecule is CCCc1cc2cc(-c3c4c(nn3-c3c(C)cccc3OC)CCN(C(=O)OC(C)(C)C)C4)ccc2[nH]1. The molecule has 1 aliphatic rings. The zero-order chi connectivity index (χ0) is 26.3. The Morgan fingerprint density at radius 2 is 1.97 bits per heavy atom. The van der Waals surface area contributed by atoms with Crippen molar-refractivity contribution in [2.75, 3.05) is 13.7 Å². The molecule has 0 saturated heterocycles. The molecule has 4 aromatic rings. The van der Waals surface area contributed by atoms with E-state index < -0.39 is 5.60 Å². The minimum Gasteiger partial charge on any atom is -0.494 e. The first-order chi connectivity index (χ1) is 17.7. The summed E-state index contributed by atoms with van der Waals surface area (Å²) in [5.74, 6) is 0.762. The topological polar surface area (TPSA) is 72.4 Å². The zero-order valence-corrected chi connectivity index (χ0v) is 22.6. The van der Waals surface area contributed by atoms with E-state index in [0.29, 0.717) is 19.5 Å². The van der Waals surface area contributed by atoms with Gasteiger partial charge in [0.25, 0.3) is 0 Å². The lowest BCUT2D eigenvalue weighted by atomic mass is 9.99. The van der Waals surface area contributed by atoms with Gasteiger partial charge in [-0.25, -0.2) is 9.48 Å². The Morgan fingerprint density at radius 3 is 2.70 bits per heavy atom. The van der Waals surface area contributed by atoms with Gasteiger partial charge in [0.15, 0.2) is 0 Å². The maximum absolute atomic E-state index is 13.0. The third-order valence-electron chi connectivity index (χ3n) is 6.79. The standard InChI is InChI=1S/C30H36N4O3/c1-7-9-22-17-21-16-20(12-13-24(21)31-22)28-23-18-33(29(35)37-30(3,4)5)15-14-25(23)32-34(28)27-19(2)10-8-11-26(27)36-6/h8,10-13,16-17,31H,7,9,14-15,18H2,1-6H3. The number of benzene rings is 2. The first-order valence-electron chi connectivity index (χ1n) is 13.0. The van der Waals surface area contributed by atoms with Crippen molar-refractivity contribution in [3.05, 3.63) is 65.0 Å². The molecule has 0 unspecified atom stereocenters. The Morgan fingerprint density at radius 1 is 1.16 bits per heavy atom. The largest absolute Gasteiger partial charge is 0.494 e. The Bertz CT molecular complexity index is 1460. The summed E-state index contributed by atoms with van der Waals surface area (Å²) in [4.78, 5) is 18.3. The number of fused-ring (bicyclic) bond motifs is 2. The number of ether oxygens (including phenoxy) is 2. The van der Waals surface area contributed by atoms with Crippen LogP contribution in [0.25, 0.3) is 27.8 Å². The zero-order valence-electron chi connectivity index (χ0n) is 22.6. The van der Waals surface area contributed by atoms with Crippen molar-refractivity contribution in [3.8, 4) is 22.7 Å². The molecule has 2 aromatic heterocycles. The molecule has 0 radical (unpaired) electrons. The van der Waals surface area contributed by atoms with Crippen LogP contribution in [0.5, 0.6) is 5.75 Å². The Labute approximate surface area is 218 Å². The summed E-state index contributed by atoms with van der Waals surface area (Å²) < 4.78 is 13.5. The number of hydrogen-bond acceptors (Lipinski definition) is 4. The number of aromatic nitrogens is 3. The van der Waals surface area contributed by atoms with Gasteiger partial charge in [-0.2, -0.15) is 5.10 Å². The molecule has 7 heteroatoms. The molecule has 0 bridgehead atoms. The van der Waals surface area contributed by atoms with Crippen molar-refractivity contribution in [1.29, 1.82) is 0 Å². The van der Waals surface area contributed by atoms with E-state index in [-0.39, 0.29) is 6.09 Å². The Balaban J connectivity index is 1.67. The lowest BCUT2D eigenvalue weighted by Crippen LogP contribution is -2.39. The van der Waals surface area contributed by atoms with E-state index in [4.69, 9.17) is 14.6 Å². The Kier molecular flexibility index (Phi) is 6.48. The first kappa shape index (κ1) is 24.9. The van der Waals surface area contributed by atoms with E-state index in [1.54, 1.807) is 12.0 Å². The van der Waals surface area contributed by atoms with E-state index in [1.165, 1.54) is 11.1 Å². The van der Waals surface area contributed by atoms with E-state index in [9.17, 15) is 4.79 Å². The number of para-hydroxylation sites is 1. The van der Waals surface area contributed by atoms with Crippen molar-refractivity contribution < 1.29 is 14.3 Å². The molecular weight excluding hydrogens is 464 g/mol. The molecule has 7 nitrogen and oxygen atoms in total. The molecular formula is C30H36N4O3. The van der Waals surface area contributed by atoms with Crippen LogP contribution in [0.4, 0.5) is 4.79 Å². The molecule has 37 heavy (non-hydrogen) atoms. The van der Waals surface area contributed by atoms with E-state index >= 15 is 0 Å². The van der Waals surface area contributed by atoms with Gasteiger partial charge in [0.05, 0.1) is 25.0 Å². The summed E-state index contributed by atoms with van der Waals surface area (Å²) in [6, 6.07) is 14.8. The number of nitrogens with zero attached hydrogens (tertiary/aromatic N) is 3. The number of rotatable bonds is 5. The van der Waals surface area contributed by atoms with Gasteiger partial charge < -0.3 is 19.4 Å². The molecule has 0 saturated carbocycles. The van der Waals surface area contributed by atoms with Gasteiger partial charge in [0, 0.05) is 40.7 Å². The van der Waals surface area contributed by atoms with Gasteiger partial charge in [0.1, 0.15) is 17.0 Å². The van der Waals surface area contributed by atoms with E-state index in [0.717, 1.165) is 57.9 Å². The average molecular weight is 501 g/mol. The predicted octanol–water partition coefficient (Wildman–Crippen LogP) is 6.58. The van der Waals surface area contributed by atoms with Gasteiger partial charge >= 0.3 is 6.09 Å². The lowest BCUT2D eigenvalue weighted by molar-refractivity contribution is 0.0224. The molecule has 5 rings (SSSR count). The van der Waals surface area contributed by atoms with Crippen molar-refractivity contribution in [3.63, 3.8) is 0 Å². The fraction of sp³-hybridized carbons (Fsp3) is 0.400. The van der Waals surface area contributed by atoms with E-state index in [2.05, 4.69) is 49.2 Å². The van der Waals surface area contributed by atoms with Crippen LogP contribution >= 0.6 is 0 Å². The third kappa shape index (κ3) is 4.82. The smallest absolute Gasteiger partial charge is 0.410 e. The van der Waals surface area contributed by atoms with Gasteiger partial charge in [-0.15, -0.1) is 0 Å². The fourth-order valence-electron chi connectivity index (χ4n) is 5.13. The van der Waals surface area contributed by atoms with Crippen molar-refractivity contribution in [1.82, 2.24) is 19.7 Å². The maximum Gasteiger partial charge on any atom is 0.410 e. The maximum atomic E-state index is 13.0. The molecule has 1 amide bonds. The van der Waals surface area contributed by atoms with E-state index in [1.807, 2.05) is 37.6 Å². The highest BCUT2D eigenvalue weighted by molar-refractivity contribution is 5.86. The molecule has 3 heterocycles. The highest BCUT2D eigenvalue weighted by Gasteiger charge is 2.31. The van der Waals surface area contributed by atoms with Crippen LogP contribution in [0.3, 0.4) is 0 Å². The van der Waals surface area contributed by atoms with Crippen LogP contribution in [0.2, 0.25) is 0 Å². The van der Waals surface area contributed by atoms with Gasteiger partial charge in [-0.1, -0.05) is 31.5 Å². The molecule has 0 fully saturated rings. The van der Waals surface area contributed by atoms with Crippen LogP contribution in [-0.2, 0) is 24.1 Å². The van der Waals surface area contributed by atoms with Crippen LogP contribution < -0.4 is 4.74 Å². The quantitative estimate of drug-likeness (QED) is 0.336. The summed E-state index contributed by atoms with van der Waals surface area (Å²) in [6.07, 6.45) is 2.47. The number of hydrogen-bond donors (Lipinski definition) is 1. The normalized spacial score (nSPS) is 13.6. The van der Waals surface area contributed by atoms with Crippen LogP contribution in [0, 0.1) is 6.92 Å². The molecule has 1 N–H and O–H groups in total. The van der Waals surface area contributed by atoms with Crippen molar-refractivity contribution >= 4 is 17.0 Å². The number of aryl methyl sites for hydroxylation is 2.